The van der Waals surface area contributed by atoms with E-state index in [0.29, 0.717) is 23.4 Å². The summed E-state index contributed by atoms with van der Waals surface area (Å²) in [6.45, 7) is 8.33. The van der Waals surface area contributed by atoms with Crippen LogP contribution in [0.5, 0.6) is 23.0 Å². The van der Waals surface area contributed by atoms with E-state index in [4.69, 9.17) is 28.6 Å². The standard InChI is InChI=1S/2C30H24N2O.2CH4O3S.BIOPS.BIOP/c2*1-19-3-9-26(10-4-19)33-27-11-5-21(6-12-27)30-18-25-17-23(8-14-29(25)32-30)22-7-13-28-24(16-22)15-20(2)31-28;2*1-5(2,3)4;2-1-4-5-3;2-1-4-3/h2*3-14,16-17H,15,18H2,1-2H3;2*1H3,(H,2,3,4);;. The van der Waals surface area contributed by atoms with E-state index in [-0.39, 0.29) is 8.34 Å². The van der Waals surface area contributed by atoms with Crippen LogP contribution in [0.1, 0.15) is 58.4 Å². The molecule has 0 atom stereocenters. The smallest absolute Gasteiger partial charge is 0.324 e. The Labute approximate surface area is 531 Å². The molecule has 8 aromatic carbocycles. The number of ether oxygens (including phenoxy) is 2. The first kappa shape index (κ1) is 66.4. The molecule has 4 heterocycles. The molecule has 0 spiro atoms. The third-order valence-corrected chi connectivity index (χ3v) is 16.2. The molecule has 8 aromatic rings. The predicted molar refractivity (Wildman–Crippen MR) is 369 cm³/mol. The summed E-state index contributed by atoms with van der Waals surface area (Å²) in [5.74, 6) is 3.35. The first-order valence-corrected chi connectivity index (χ1v) is 35.4. The second kappa shape index (κ2) is 31.5. The Morgan fingerprint density at radius 2 is 0.694 bits per heavy atom. The van der Waals surface area contributed by atoms with Gasteiger partial charge in [-0.05, 0) is 212 Å². The summed E-state index contributed by atoms with van der Waals surface area (Å²) < 4.78 is 82.3. The third-order valence-electron chi connectivity index (χ3n) is 12.7. The molecule has 0 fully saturated rings. The zero-order valence-electron chi connectivity index (χ0n) is 47.0. The van der Waals surface area contributed by atoms with E-state index in [9.17, 15) is 25.6 Å². The summed E-state index contributed by atoms with van der Waals surface area (Å²) in [5, 5.41) is 0. The van der Waals surface area contributed by atoms with Crippen LogP contribution in [0.4, 0.5) is 22.7 Å². The summed E-state index contributed by atoms with van der Waals surface area (Å²) in [6, 6.07) is 59.0. The Hall–Kier alpha value is -6.13. The number of benzene rings is 8. The molecule has 4 aliphatic heterocycles. The fraction of sp³-hybridized carbons (Fsp3) is 0.161. The second-order valence-corrected chi connectivity index (χ2v) is 28.0. The van der Waals surface area contributed by atoms with Crippen LogP contribution >= 0.6 is 60.3 Å². The molecule has 4 aliphatic rings. The first-order valence-electron chi connectivity index (χ1n) is 26.0. The van der Waals surface area contributed by atoms with Crippen molar-refractivity contribution in [3.05, 3.63) is 214 Å². The monoisotopic (exact) mass is 1450 g/mol. The molecule has 0 saturated carbocycles. The van der Waals surface area contributed by atoms with Gasteiger partial charge in [0, 0.05) is 37.1 Å². The molecule has 2 N–H and O–H groups in total. The number of aliphatic imine (C=N–C) groups is 4. The summed E-state index contributed by atoms with van der Waals surface area (Å²) in [5.41, 5.74) is 23.8. The molecule has 12 rings (SSSR count). The number of nitrogens with zero attached hydrogens (tertiary/aromatic N) is 4. The van der Waals surface area contributed by atoms with Gasteiger partial charge in [-0.1, -0.05) is 59.7 Å². The van der Waals surface area contributed by atoms with Gasteiger partial charge >= 0.3 is 4.86 Å². The van der Waals surface area contributed by atoms with Gasteiger partial charge in [-0.2, -0.15) is 16.8 Å². The van der Waals surface area contributed by atoms with E-state index >= 15 is 0 Å². The minimum Gasteiger partial charge on any atom is -0.457 e. The summed E-state index contributed by atoms with van der Waals surface area (Å²) in [4.78, 5) is 22.3. The van der Waals surface area contributed by atoms with Crippen LogP contribution in [0.15, 0.2) is 190 Å². The lowest BCUT2D eigenvalue weighted by Crippen LogP contribution is -2.00. The van der Waals surface area contributed by atoms with Gasteiger partial charge < -0.3 is 9.47 Å². The quantitative estimate of drug-likeness (QED) is 0.0572. The van der Waals surface area contributed by atoms with Gasteiger partial charge in [0.15, 0.2) is 0 Å². The highest BCUT2D eigenvalue weighted by Gasteiger charge is 2.21. The van der Waals surface area contributed by atoms with Gasteiger partial charge in [0.25, 0.3) is 25.1 Å². The zero-order chi connectivity index (χ0) is 61.3. The number of hydrogen-bond acceptors (Lipinski definition) is 12. The first-order chi connectivity index (χ1) is 40.5. The van der Waals surface area contributed by atoms with E-state index in [1.165, 1.54) is 71.9 Å². The maximum Gasteiger partial charge on any atom is 0.324 e. The Morgan fingerprint density at radius 3 is 0.953 bits per heavy atom. The van der Waals surface area contributed by atoms with Crippen molar-refractivity contribution in [3.8, 4) is 45.3 Å². The average Bonchev–Trinajstić information content (AvgIpc) is 3.41. The van der Waals surface area contributed by atoms with Crippen molar-refractivity contribution in [2.75, 3.05) is 12.5 Å². The van der Waals surface area contributed by atoms with E-state index < -0.39 is 20.2 Å². The molecule has 0 saturated heterocycles. The van der Waals surface area contributed by atoms with Crippen LogP contribution in [0.25, 0.3) is 22.3 Å². The molecule has 0 aliphatic carbocycles. The molecule has 85 heavy (non-hydrogen) atoms. The van der Waals surface area contributed by atoms with Gasteiger partial charge in [0.2, 0.25) is 0 Å². The second-order valence-electron chi connectivity index (χ2n) is 19.7. The van der Waals surface area contributed by atoms with E-state index in [1.807, 2.05) is 93.3 Å². The van der Waals surface area contributed by atoms with Gasteiger partial charge in [0.05, 0.1) is 46.7 Å². The minimum absolute atomic E-state index is 0.110. The molecule has 432 valence electrons. The number of fused-ring (bicyclic) bond motifs is 4. The van der Waals surface area contributed by atoms with Crippen molar-refractivity contribution in [1.29, 1.82) is 0 Å². The lowest BCUT2D eigenvalue weighted by atomic mass is 9.97. The van der Waals surface area contributed by atoms with Crippen molar-refractivity contribution >= 4 is 147 Å². The molecular weight excluding hydrogens is 1390 g/mol. The Kier molecular flexibility index (Phi) is 24.6. The zero-order valence-corrected chi connectivity index (χ0v) is 55.5. The highest BCUT2D eigenvalue weighted by molar-refractivity contribution is 14.1. The SMILES string of the molecule is CC1=Nc2ccc(-c3ccc4c(c3)CC(c3ccc(Oc5ccc(C)cc5)cc3)=N4)cc2C1.CC1=Nc2ccc(-c3ccc4c(c3)CC(c3ccc(Oc5ccc(C)cc5)cc3)=N4)cc2C1.CS(=O)(=O)O.CS(=O)(=O)O.O=P[B]I.O=S=P[B]I. The minimum atomic E-state index is -3.67. The molecule has 0 amide bonds. The van der Waals surface area contributed by atoms with Crippen molar-refractivity contribution < 1.29 is 44.2 Å². The van der Waals surface area contributed by atoms with Crippen molar-refractivity contribution in [3.63, 3.8) is 0 Å². The fourth-order valence-corrected chi connectivity index (χ4v) is 10.1. The number of aryl methyl sites for hydroxylation is 2. The molecule has 23 heteroatoms. The normalized spacial score (nSPS) is 12.9. The van der Waals surface area contributed by atoms with Crippen LogP contribution in [-0.4, -0.2) is 75.2 Å². The molecule has 0 unspecified atom stereocenters. The molecule has 14 nitrogen and oxygen atoms in total. The Bertz CT molecular complexity index is 3870. The predicted octanol–water partition coefficient (Wildman–Crippen LogP) is 16.8. The average molecular weight is 1450 g/mol. The maximum absolute atomic E-state index is 9.40. The number of halogens is 2. The molecule has 2 radical (unpaired) electrons. The van der Waals surface area contributed by atoms with Gasteiger partial charge in [0.1, 0.15) is 42.2 Å². The largest absolute Gasteiger partial charge is 0.457 e. The van der Waals surface area contributed by atoms with Gasteiger partial charge in [-0.15, -0.1) is 44.7 Å². The van der Waals surface area contributed by atoms with Gasteiger partial charge in [-0.3, -0.25) is 33.6 Å². The fourth-order valence-electron chi connectivity index (χ4n) is 9.10. The maximum atomic E-state index is 9.40. The summed E-state index contributed by atoms with van der Waals surface area (Å²) >= 11 is 3.93. The third kappa shape index (κ3) is 21.4. The van der Waals surface area contributed by atoms with Crippen LogP contribution in [0.2, 0.25) is 0 Å². The van der Waals surface area contributed by atoms with Crippen LogP contribution in [0.3, 0.4) is 0 Å². The molecular formula is C62H56B2I2N4O10P2S3. The Balaban J connectivity index is 0.000000188. The highest BCUT2D eigenvalue weighted by atomic mass is 127. The van der Waals surface area contributed by atoms with E-state index in [2.05, 4.69) is 159 Å². The van der Waals surface area contributed by atoms with Crippen molar-refractivity contribution in [1.82, 2.24) is 0 Å². The topological polar surface area (TPSA) is 211 Å². The van der Waals surface area contributed by atoms with Crippen LogP contribution in [-0.2, 0) is 61.3 Å². The van der Waals surface area contributed by atoms with Crippen LogP contribution < -0.4 is 9.47 Å². The Morgan fingerprint density at radius 1 is 0.435 bits per heavy atom. The number of hydrogen-bond donors (Lipinski definition) is 2. The number of rotatable bonds is 10. The summed E-state index contributed by atoms with van der Waals surface area (Å²) in [7, 11) is -5.86. The lowest BCUT2D eigenvalue weighted by molar-refractivity contribution is 0.482. The van der Waals surface area contributed by atoms with Crippen molar-refractivity contribution in [2.24, 2.45) is 20.0 Å². The molecule has 0 aromatic heterocycles. The van der Waals surface area contributed by atoms with Crippen LogP contribution in [0, 0.1) is 13.8 Å². The summed E-state index contributed by atoms with van der Waals surface area (Å²) in [6.07, 6.45) is 5.01. The van der Waals surface area contributed by atoms with E-state index in [1.54, 1.807) is 4.86 Å². The highest BCUT2D eigenvalue weighted by Crippen LogP contribution is 2.38. The molecule has 0 bridgehead atoms. The lowest BCUT2D eigenvalue weighted by Gasteiger charge is -2.07. The van der Waals surface area contributed by atoms with Gasteiger partial charge in [-0.25, -0.2) is 4.21 Å². The van der Waals surface area contributed by atoms with Crippen molar-refractivity contribution in [2.45, 2.75) is 53.4 Å². The van der Waals surface area contributed by atoms with E-state index in [0.717, 1.165) is 101 Å².